The number of nitrogens with zero attached hydrogens (tertiary/aromatic N) is 4. The Bertz CT molecular complexity index is 468. The first-order valence-corrected chi connectivity index (χ1v) is 9.43. The van der Waals surface area contributed by atoms with Crippen molar-refractivity contribution in [2.24, 2.45) is 5.92 Å². The quantitative estimate of drug-likeness (QED) is 0.850. The minimum absolute atomic E-state index is 0.219. The zero-order valence-corrected chi connectivity index (χ0v) is 15.0. The van der Waals surface area contributed by atoms with Crippen LogP contribution >= 0.6 is 0 Å². The zero-order chi connectivity index (χ0) is 16.8. The Labute approximate surface area is 146 Å². The van der Waals surface area contributed by atoms with Crippen molar-refractivity contribution in [2.45, 2.75) is 32.4 Å². The maximum Gasteiger partial charge on any atom is 0.0793 e. The van der Waals surface area contributed by atoms with Gasteiger partial charge in [-0.3, -0.25) is 14.8 Å². The largest absolute Gasteiger partial charge is 0.390 e. The summed E-state index contributed by atoms with van der Waals surface area (Å²) >= 11 is 0. The van der Waals surface area contributed by atoms with Crippen LogP contribution in [0.1, 0.15) is 25.3 Å². The third-order valence-electron chi connectivity index (χ3n) is 5.41. The molecule has 1 unspecified atom stereocenters. The maximum atomic E-state index is 10.4. The van der Waals surface area contributed by atoms with Gasteiger partial charge in [0.05, 0.1) is 6.10 Å². The summed E-state index contributed by atoms with van der Waals surface area (Å²) in [6, 6.07) is 4.14. The Morgan fingerprint density at radius 2 is 1.67 bits per heavy atom. The van der Waals surface area contributed by atoms with Crippen molar-refractivity contribution >= 4 is 0 Å². The summed E-state index contributed by atoms with van der Waals surface area (Å²) in [7, 11) is 0. The van der Waals surface area contributed by atoms with Crippen molar-refractivity contribution < 1.29 is 5.11 Å². The topological polar surface area (TPSA) is 42.8 Å². The van der Waals surface area contributed by atoms with Crippen LogP contribution in [0.15, 0.2) is 24.5 Å². The van der Waals surface area contributed by atoms with E-state index in [4.69, 9.17) is 0 Å². The standard InChI is InChI=1S/C19H32N4O/c1-17-4-7-21(8-5-17)15-19(24)16-23-11-9-22(10-12-23)14-18-3-2-6-20-13-18/h2-3,6,13,17,19,24H,4-5,7-12,14-16H2,1H3. The number of hydrogen-bond acceptors (Lipinski definition) is 5. The minimum Gasteiger partial charge on any atom is -0.390 e. The van der Waals surface area contributed by atoms with Gasteiger partial charge in [-0.2, -0.15) is 0 Å². The zero-order valence-electron chi connectivity index (χ0n) is 15.0. The van der Waals surface area contributed by atoms with Crippen molar-refractivity contribution in [1.82, 2.24) is 19.7 Å². The summed E-state index contributed by atoms with van der Waals surface area (Å²) in [6.45, 7) is 11.5. The molecule has 2 aliphatic rings. The highest BCUT2D eigenvalue weighted by molar-refractivity contribution is 5.08. The van der Waals surface area contributed by atoms with Crippen LogP contribution in [-0.4, -0.2) is 83.3 Å². The highest BCUT2D eigenvalue weighted by Gasteiger charge is 2.22. The van der Waals surface area contributed by atoms with Crippen LogP contribution in [0.2, 0.25) is 0 Å². The fraction of sp³-hybridized carbons (Fsp3) is 0.737. The number of pyridine rings is 1. The van der Waals surface area contributed by atoms with Gasteiger partial charge in [0, 0.05) is 58.2 Å². The van der Waals surface area contributed by atoms with Gasteiger partial charge in [0.1, 0.15) is 0 Å². The van der Waals surface area contributed by atoms with E-state index in [9.17, 15) is 5.11 Å². The first-order valence-electron chi connectivity index (χ1n) is 9.43. The van der Waals surface area contributed by atoms with Gasteiger partial charge in [-0.15, -0.1) is 0 Å². The van der Waals surface area contributed by atoms with E-state index in [-0.39, 0.29) is 6.10 Å². The molecule has 5 heteroatoms. The number of hydrogen-bond donors (Lipinski definition) is 1. The Morgan fingerprint density at radius 1 is 1.04 bits per heavy atom. The summed E-state index contributed by atoms with van der Waals surface area (Å²) in [6.07, 6.45) is 6.12. The molecule has 0 amide bonds. The predicted octanol–water partition coefficient (Wildman–Crippen LogP) is 1.29. The normalized spacial score (nSPS) is 23.4. The average molecular weight is 332 g/mol. The molecule has 2 saturated heterocycles. The molecule has 1 N–H and O–H groups in total. The lowest BCUT2D eigenvalue weighted by Gasteiger charge is -2.37. The second-order valence-electron chi connectivity index (χ2n) is 7.57. The van der Waals surface area contributed by atoms with Crippen LogP contribution < -0.4 is 0 Å². The highest BCUT2D eigenvalue weighted by atomic mass is 16.3. The second-order valence-corrected chi connectivity index (χ2v) is 7.57. The van der Waals surface area contributed by atoms with E-state index in [1.165, 1.54) is 18.4 Å². The molecule has 134 valence electrons. The lowest BCUT2D eigenvalue weighted by atomic mass is 9.99. The third-order valence-corrected chi connectivity index (χ3v) is 5.41. The third kappa shape index (κ3) is 5.52. The maximum absolute atomic E-state index is 10.4. The Morgan fingerprint density at radius 3 is 2.29 bits per heavy atom. The van der Waals surface area contributed by atoms with Gasteiger partial charge in [0.25, 0.3) is 0 Å². The van der Waals surface area contributed by atoms with E-state index in [2.05, 4.69) is 32.7 Å². The van der Waals surface area contributed by atoms with E-state index >= 15 is 0 Å². The molecule has 24 heavy (non-hydrogen) atoms. The molecule has 0 saturated carbocycles. The first-order chi connectivity index (χ1) is 11.7. The summed E-state index contributed by atoms with van der Waals surface area (Å²) in [5.74, 6) is 0.853. The molecule has 1 aromatic rings. The van der Waals surface area contributed by atoms with Crippen molar-refractivity contribution in [3.8, 4) is 0 Å². The monoisotopic (exact) mass is 332 g/mol. The molecule has 3 rings (SSSR count). The molecular formula is C19H32N4O. The van der Waals surface area contributed by atoms with E-state index in [0.29, 0.717) is 0 Å². The molecule has 0 spiro atoms. The minimum atomic E-state index is -0.219. The number of aliphatic hydroxyl groups is 1. The van der Waals surface area contributed by atoms with Gasteiger partial charge in [0.2, 0.25) is 0 Å². The summed E-state index contributed by atoms with van der Waals surface area (Å²) in [5, 5.41) is 10.4. The number of aromatic nitrogens is 1. The van der Waals surface area contributed by atoms with Crippen molar-refractivity contribution in [2.75, 3.05) is 52.4 Å². The van der Waals surface area contributed by atoms with Crippen LogP contribution in [0.3, 0.4) is 0 Å². The summed E-state index contributed by atoms with van der Waals surface area (Å²) in [4.78, 5) is 11.5. The fourth-order valence-electron chi connectivity index (χ4n) is 3.78. The Balaban J connectivity index is 1.34. The van der Waals surface area contributed by atoms with E-state index in [1.807, 2.05) is 18.5 Å². The van der Waals surface area contributed by atoms with E-state index < -0.39 is 0 Å². The van der Waals surface area contributed by atoms with Crippen molar-refractivity contribution in [1.29, 1.82) is 0 Å². The van der Waals surface area contributed by atoms with Crippen molar-refractivity contribution in [3.63, 3.8) is 0 Å². The number of likely N-dealkylation sites (tertiary alicyclic amines) is 1. The number of β-amino-alcohol motifs (C(OH)–C–C–N with tert-alkyl or cyclic N) is 1. The molecule has 1 aromatic heterocycles. The van der Waals surface area contributed by atoms with E-state index in [0.717, 1.165) is 64.8 Å². The van der Waals surface area contributed by atoms with Crippen LogP contribution in [0, 0.1) is 5.92 Å². The molecule has 5 nitrogen and oxygen atoms in total. The molecule has 0 bridgehead atoms. The lowest BCUT2D eigenvalue weighted by Crippen LogP contribution is -2.50. The van der Waals surface area contributed by atoms with Gasteiger partial charge >= 0.3 is 0 Å². The van der Waals surface area contributed by atoms with E-state index in [1.54, 1.807) is 0 Å². The van der Waals surface area contributed by atoms with Gasteiger partial charge < -0.3 is 10.0 Å². The smallest absolute Gasteiger partial charge is 0.0793 e. The average Bonchev–Trinajstić information content (AvgIpc) is 2.60. The highest BCUT2D eigenvalue weighted by Crippen LogP contribution is 2.16. The number of piperidine rings is 1. The Kier molecular flexibility index (Phi) is 6.60. The SMILES string of the molecule is CC1CCN(CC(O)CN2CCN(Cc3cccnc3)CC2)CC1. The number of piperazine rings is 1. The van der Waals surface area contributed by atoms with Gasteiger partial charge in [0.15, 0.2) is 0 Å². The van der Waals surface area contributed by atoms with Crippen LogP contribution in [0.4, 0.5) is 0 Å². The van der Waals surface area contributed by atoms with Gasteiger partial charge in [-0.05, 0) is 43.5 Å². The first kappa shape index (κ1) is 17.8. The molecule has 0 aromatic carbocycles. The fourth-order valence-corrected chi connectivity index (χ4v) is 3.78. The molecule has 2 aliphatic heterocycles. The molecular weight excluding hydrogens is 300 g/mol. The van der Waals surface area contributed by atoms with Crippen LogP contribution in [0.25, 0.3) is 0 Å². The lowest BCUT2D eigenvalue weighted by molar-refractivity contribution is 0.0415. The summed E-state index contributed by atoms with van der Waals surface area (Å²) < 4.78 is 0. The van der Waals surface area contributed by atoms with Gasteiger partial charge in [-0.25, -0.2) is 0 Å². The van der Waals surface area contributed by atoms with Crippen LogP contribution in [0.5, 0.6) is 0 Å². The Hall–Kier alpha value is -1.01. The molecule has 1 atom stereocenters. The number of aliphatic hydroxyl groups excluding tert-OH is 1. The number of rotatable bonds is 6. The molecule has 3 heterocycles. The predicted molar refractivity (Wildman–Crippen MR) is 96.8 cm³/mol. The molecule has 2 fully saturated rings. The van der Waals surface area contributed by atoms with Crippen LogP contribution in [-0.2, 0) is 6.54 Å². The van der Waals surface area contributed by atoms with Crippen molar-refractivity contribution in [3.05, 3.63) is 30.1 Å². The van der Waals surface area contributed by atoms with Gasteiger partial charge in [-0.1, -0.05) is 13.0 Å². The summed E-state index contributed by atoms with van der Waals surface area (Å²) in [5.41, 5.74) is 1.28. The molecule has 0 radical (unpaired) electrons. The second kappa shape index (κ2) is 8.90. The molecule has 0 aliphatic carbocycles.